The van der Waals surface area contributed by atoms with Gasteiger partial charge < -0.3 is 0 Å². The topological polar surface area (TPSA) is 25.8 Å². The van der Waals surface area contributed by atoms with E-state index in [9.17, 15) is 0 Å². The number of hydrogen-bond acceptors (Lipinski definition) is 2. The van der Waals surface area contributed by atoms with Crippen LogP contribution in [-0.4, -0.2) is 10.2 Å². The van der Waals surface area contributed by atoms with E-state index in [1.165, 1.54) is 35.1 Å². The quantitative estimate of drug-likeness (QED) is 0.710. The maximum atomic E-state index is 4.60. The summed E-state index contributed by atoms with van der Waals surface area (Å²) in [5.41, 5.74) is 6.51. The first-order valence-electron chi connectivity index (χ1n) is 8.36. The summed E-state index contributed by atoms with van der Waals surface area (Å²) >= 11 is 0. The minimum Gasteiger partial charge on any atom is -0.159 e. The minimum atomic E-state index is 0.165. The molecule has 1 aliphatic rings. The third kappa shape index (κ3) is 2.77. The van der Waals surface area contributed by atoms with Gasteiger partial charge in [0.1, 0.15) is 0 Å². The van der Waals surface area contributed by atoms with Crippen LogP contribution in [0.3, 0.4) is 0 Å². The van der Waals surface area contributed by atoms with Crippen molar-refractivity contribution >= 4 is 0 Å². The number of fused-ring (bicyclic) bond motifs is 1. The summed E-state index contributed by atoms with van der Waals surface area (Å²) in [5.74, 6) is 0.165. The Morgan fingerprint density at radius 3 is 2.00 bits per heavy atom. The van der Waals surface area contributed by atoms with Crippen molar-refractivity contribution < 1.29 is 0 Å². The lowest BCUT2D eigenvalue weighted by Gasteiger charge is -2.24. The number of nitrogens with zero attached hydrogens (tertiary/aromatic N) is 2. The van der Waals surface area contributed by atoms with Gasteiger partial charge in [0.25, 0.3) is 0 Å². The van der Waals surface area contributed by atoms with Crippen LogP contribution < -0.4 is 0 Å². The SMILES string of the molecule is c1ccc(C(c2ccccc2)c2nncc3c2CCCC3)cc1. The van der Waals surface area contributed by atoms with Crippen LogP contribution in [0.4, 0.5) is 0 Å². The summed E-state index contributed by atoms with van der Waals surface area (Å²) in [7, 11) is 0. The fraction of sp³-hybridized carbons (Fsp3) is 0.238. The molecule has 1 aromatic heterocycles. The Hall–Kier alpha value is -2.48. The van der Waals surface area contributed by atoms with Crippen LogP contribution in [0.25, 0.3) is 0 Å². The van der Waals surface area contributed by atoms with E-state index in [-0.39, 0.29) is 5.92 Å². The standard InChI is InChI=1S/C21H20N2/c1-3-9-16(10-4-1)20(17-11-5-2-6-12-17)21-19-14-8-7-13-18(19)15-22-23-21/h1-6,9-12,15,20H,7-8,13-14H2. The molecule has 1 heterocycles. The lowest BCUT2D eigenvalue weighted by molar-refractivity contribution is 0.656. The molecule has 0 fully saturated rings. The fourth-order valence-corrected chi connectivity index (χ4v) is 3.62. The first-order chi connectivity index (χ1) is 11.4. The van der Waals surface area contributed by atoms with Gasteiger partial charge in [-0.1, -0.05) is 60.7 Å². The number of aromatic nitrogens is 2. The number of hydrogen-bond donors (Lipinski definition) is 0. The molecule has 0 bridgehead atoms. The average Bonchev–Trinajstić information content (AvgIpc) is 2.64. The summed E-state index contributed by atoms with van der Waals surface area (Å²) in [6.45, 7) is 0. The molecule has 3 aromatic rings. The summed E-state index contributed by atoms with van der Waals surface area (Å²) < 4.78 is 0. The third-order valence-electron chi connectivity index (χ3n) is 4.74. The Kier molecular flexibility index (Phi) is 3.89. The Bertz CT molecular complexity index is 742. The van der Waals surface area contributed by atoms with E-state index in [2.05, 4.69) is 70.9 Å². The Morgan fingerprint density at radius 2 is 1.35 bits per heavy atom. The molecule has 0 saturated heterocycles. The Morgan fingerprint density at radius 1 is 0.739 bits per heavy atom. The van der Waals surface area contributed by atoms with Gasteiger partial charge in [0.15, 0.2) is 0 Å². The van der Waals surface area contributed by atoms with E-state index in [0.717, 1.165) is 18.5 Å². The van der Waals surface area contributed by atoms with Crippen molar-refractivity contribution in [1.82, 2.24) is 10.2 Å². The van der Waals surface area contributed by atoms with Crippen molar-refractivity contribution in [3.8, 4) is 0 Å². The van der Waals surface area contributed by atoms with E-state index < -0.39 is 0 Å². The van der Waals surface area contributed by atoms with E-state index in [1.54, 1.807) is 0 Å². The Labute approximate surface area is 137 Å². The maximum absolute atomic E-state index is 4.60. The van der Waals surface area contributed by atoms with Crippen molar-refractivity contribution in [1.29, 1.82) is 0 Å². The molecule has 0 unspecified atom stereocenters. The highest BCUT2D eigenvalue weighted by molar-refractivity contribution is 5.45. The molecule has 23 heavy (non-hydrogen) atoms. The molecule has 4 rings (SSSR count). The predicted molar refractivity (Wildman–Crippen MR) is 92.5 cm³/mol. The number of benzene rings is 2. The Balaban J connectivity index is 1.90. The zero-order chi connectivity index (χ0) is 15.5. The van der Waals surface area contributed by atoms with E-state index in [0.29, 0.717) is 0 Å². The summed E-state index contributed by atoms with van der Waals surface area (Å²) in [6, 6.07) is 21.3. The van der Waals surface area contributed by atoms with Crippen LogP contribution in [0.2, 0.25) is 0 Å². The van der Waals surface area contributed by atoms with Gasteiger partial charge in [-0.05, 0) is 47.9 Å². The first-order valence-corrected chi connectivity index (χ1v) is 8.36. The lowest BCUT2D eigenvalue weighted by atomic mass is 9.82. The summed E-state index contributed by atoms with van der Waals surface area (Å²) in [4.78, 5) is 0. The van der Waals surface area contributed by atoms with E-state index in [1.807, 2.05) is 6.20 Å². The van der Waals surface area contributed by atoms with Crippen molar-refractivity contribution in [2.45, 2.75) is 31.6 Å². The number of aryl methyl sites for hydroxylation is 1. The van der Waals surface area contributed by atoms with Crippen LogP contribution >= 0.6 is 0 Å². The zero-order valence-electron chi connectivity index (χ0n) is 13.2. The number of rotatable bonds is 3. The fourth-order valence-electron chi connectivity index (χ4n) is 3.62. The lowest BCUT2D eigenvalue weighted by Crippen LogP contribution is -2.15. The molecular weight excluding hydrogens is 280 g/mol. The van der Waals surface area contributed by atoms with E-state index >= 15 is 0 Å². The largest absolute Gasteiger partial charge is 0.159 e. The van der Waals surface area contributed by atoms with Gasteiger partial charge in [0, 0.05) is 0 Å². The molecule has 2 nitrogen and oxygen atoms in total. The molecule has 0 radical (unpaired) electrons. The van der Waals surface area contributed by atoms with Crippen LogP contribution in [0, 0.1) is 0 Å². The maximum Gasteiger partial charge on any atom is 0.0784 e. The molecule has 2 aromatic carbocycles. The molecule has 0 atom stereocenters. The molecular formula is C21H20N2. The molecule has 0 spiro atoms. The highest BCUT2D eigenvalue weighted by Gasteiger charge is 2.24. The smallest absolute Gasteiger partial charge is 0.0784 e. The molecule has 0 N–H and O–H groups in total. The zero-order valence-corrected chi connectivity index (χ0v) is 13.2. The molecule has 0 aliphatic heterocycles. The molecule has 0 amide bonds. The second-order valence-electron chi connectivity index (χ2n) is 6.20. The highest BCUT2D eigenvalue weighted by atomic mass is 15.1. The van der Waals surface area contributed by atoms with Crippen LogP contribution in [-0.2, 0) is 12.8 Å². The normalized spacial score (nSPS) is 13.8. The van der Waals surface area contributed by atoms with Gasteiger partial charge in [-0.3, -0.25) is 0 Å². The second-order valence-corrected chi connectivity index (χ2v) is 6.20. The third-order valence-corrected chi connectivity index (χ3v) is 4.74. The van der Waals surface area contributed by atoms with Crippen LogP contribution in [0.1, 0.15) is 46.7 Å². The minimum absolute atomic E-state index is 0.165. The van der Waals surface area contributed by atoms with Crippen LogP contribution in [0.15, 0.2) is 66.9 Å². The van der Waals surface area contributed by atoms with Gasteiger partial charge >= 0.3 is 0 Å². The van der Waals surface area contributed by atoms with E-state index in [4.69, 9.17) is 0 Å². The summed E-state index contributed by atoms with van der Waals surface area (Å²) in [5, 5.41) is 8.91. The van der Waals surface area contributed by atoms with Gasteiger partial charge in [0.05, 0.1) is 17.8 Å². The van der Waals surface area contributed by atoms with Crippen molar-refractivity contribution in [2.75, 3.05) is 0 Å². The molecule has 2 heteroatoms. The molecule has 1 aliphatic carbocycles. The highest BCUT2D eigenvalue weighted by Crippen LogP contribution is 2.35. The van der Waals surface area contributed by atoms with Gasteiger partial charge in [0.2, 0.25) is 0 Å². The molecule has 0 saturated carbocycles. The molecule has 114 valence electrons. The average molecular weight is 300 g/mol. The van der Waals surface area contributed by atoms with Crippen LogP contribution in [0.5, 0.6) is 0 Å². The van der Waals surface area contributed by atoms with Crippen molar-refractivity contribution in [2.24, 2.45) is 0 Å². The van der Waals surface area contributed by atoms with Gasteiger partial charge in [-0.15, -0.1) is 0 Å². The first kappa shape index (κ1) is 14.1. The predicted octanol–water partition coefficient (Wildman–Crippen LogP) is 4.54. The second kappa shape index (κ2) is 6.33. The summed E-state index contributed by atoms with van der Waals surface area (Å²) in [6.07, 6.45) is 6.73. The van der Waals surface area contributed by atoms with Crippen molar-refractivity contribution in [3.05, 3.63) is 94.8 Å². The van der Waals surface area contributed by atoms with Crippen molar-refractivity contribution in [3.63, 3.8) is 0 Å². The van der Waals surface area contributed by atoms with Gasteiger partial charge in [-0.25, -0.2) is 0 Å². The van der Waals surface area contributed by atoms with Gasteiger partial charge in [-0.2, -0.15) is 10.2 Å². The monoisotopic (exact) mass is 300 g/mol.